The van der Waals surface area contributed by atoms with E-state index in [1.165, 1.54) is 10.4 Å². The summed E-state index contributed by atoms with van der Waals surface area (Å²) in [5.41, 5.74) is 7.03. The van der Waals surface area contributed by atoms with Crippen LogP contribution in [0.15, 0.2) is 71.8 Å². The third-order valence-electron chi connectivity index (χ3n) is 4.95. The van der Waals surface area contributed by atoms with Gasteiger partial charge in [0.1, 0.15) is 0 Å². The highest BCUT2D eigenvalue weighted by atomic mass is 32.1. The molecule has 4 nitrogen and oxygen atoms in total. The molecule has 0 aliphatic rings. The number of nitrogens with one attached hydrogen (secondary N) is 1. The number of aryl methyl sites for hydroxylation is 1. The lowest BCUT2D eigenvalue weighted by Gasteiger charge is -2.10. The normalized spacial score (nSPS) is 11.5. The van der Waals surface area contributed by atoms with Crippen LogP contribution in [0.5, 0.6) is 0 Å². The first kappa shape index (κ1) is 20.0. The summed E-state index contributed by atoms with van der Waals surface area (Å²) >= 11 is 1.63. The lowest BCUT2D eigenvalue weighted by Crippen LogP contribution is -2.18. The quantitative estimate of drug-likeness (QED) is 0.315. The molecule has 2 aromatic carbocycles. The minimum absolute atomic E-state index is 0.252. The number of hydrazone groups is 1. The summed E-state index contributed by atoms with van der Waals surface area (Å²) < 4.78 is 0. The van der Waals surface area contributed by atoms with Gasteiger partial charge in [-0.3, -0.25) is 4.79 Å². The van der Waals surface area contributed by atoms with Crippen LogP contribution in [0.3, 0.4) is 0 Å². The fourth-order valence-corrected chi connectivity index (χ4v) is 4.04. The summed E-state index contributed by atoms with van der Waals surface area (Å²) in [6.45, 7) is 6.38. The topological polar surface area (TPSA) is 54.4 Å². The van der Waals surface area contributed by atoms with Crippen molar-refractivity contribution in [3.8, 4) is 11.3 Å². The average molecular weight is 414 g/mol. The zero-order valence-electron chi connectivity index (χ0n) is 17.2. The maximum Gasteiger partial charge on any atom is 0.272 e. The number of carbonyl (C=O) groups is 1. The lowest BCUT2D eigenvalue weighted by atomic mass is 9.99. The van der Waals surface area contributed by atoms with Crippen molar-refractivity contribution in [2.45, 2.75) is 26.7 Å². The van der Waals surface area contributed by atoms with Gasteiger partial charge in [-0.15, -0.1) is 11.3 Å². The van der Waals surface area contributed by atoms with Gasteiger partial charge in [-0.05, 0) is 42.7 Å². The Hall–Kier alpha value is -3.31. The Morgan fingerprint density at radius 2 is 1.83 bits per heavy atom. The Balaban J connectivity index is 1.67. The van der Waals surface area contributed by atoms with Gasteiger partial charge in [0.25, 0.3) is 5.91 Å². The van der Waals surface area contributed by atoms with E-state index in [1.807, 2.05) is 49.4 Å². The van der Waals surface area contributed by atoms with Crippen LogP contribution < -0.4 is 5.43 Å². The molecule has 0 unspecified atom stereocenters. The van der Waals surface area contributed by atoms with E-state index >= 15 is 0 Å². The Bertz CT molecular complexity index is 1220. The van der Waals surface area contributed by atoms with E-state index in [0.717, 1.165) is 27.0 Å². The summed E-state index contributed by atoms with van der Waals surface area (Å²) in [6, 6.07) is 21.9. The van der Waals surface area contributed by atoms with Crippen molar-refractivity contribution in [3.63, 3.8) is 0 Å². The van der Waals surface area contributed by atoms with Crippen LogP contribution in [0.25, 0.3) is 22.2 Å². The first-order valence-electron chi connectivity index (χ1n) is 9.91. The number of amides is 1. The highest BCUT2D eigenvalue weighted by Crippen LogP contribution is 2.26. The van der Waals surface area contributed by atoms with Crippen molar-refractivity contribution in [1.82, 2.24) is 10.4 Å². The van der Waals surface area contributed by atoms with E-state index < -0.39 is 0 Å². The predicted molar refractivity (Wildman–Crippen MR) is 125 cm³/mol. The van der Waals surface area contributed by atoms with Gasteiger partial charge >= 0.3 is 0 Å². The van der Waals surface area contributed by atoms with Crippen molar-refractivity contribution >= 4 is 34.4 Å². The average Bonchev–Trinajstić information content (AvgIpc) is 3.17. The summed E-state index contributed by atoms with van der Waals surface area (Å²) in [5, 5.41) is 4.94. The van der Waals surface area contributed by atoms with Crippen LogP contribution in [-0.2, 0) is 0 Å². The second kappa shape index (κ2) is 8.59. The van der Waals surface area contributed by atoms with E-state index in [0.29, 0.717) is 11.5 Å². The molecule has 0 atom stereocenters. The molecule has 0 saturated carbocycles. The molecule has 0 fully saturated rings. The highest BCUT2D eigenvalue weighted by Gasteiger charge is 2.14. The number of para-hydroxylation sites is 1. The van der Waals surface area contributed by atoms with Gasteiger partial charge < -0.3 is 0 Å². The number of pyridine rings is 1. The highest BCUT2D eigenvalue weighted by molar-refractivity contribution is 7.13. The number of thiophene rings is 1. The molecule has 1 N–H and O–H groups in total. The third kappa shape index (κ3) is 4.31. The van der Waals surface area contributed by atoms with Crippen molar-refractivity contribution < 1.29 is 4.79 Å². The Kier molecular flexibility index (Phi) is 5.72. The minimum Gasteiger partial charge on any atom is -0.267 e. The Morgan fingerprint density at radius 1 is 1.07 bits per heavy atom. The van der Waals surface area contributed by atoms with E-state index in [-0.39, 0.29) is 5.91 Å². The lowest BCUT2D eigenvalue weighted by molar-refractivity contribution is 0.0956. The van der Waals surface area contributed by atoms with Gasteiger partial charge in [-0.1, -0.05) is 56.3 Å². The first-order valence-corrected chi connectivity index (χ1v) is 10.7. The van der Waals surface area contributed by atoms with Gasteiger partial charge in [0.05, 0.1) is 23.0 Å². The molecule has 0 bridgehead atoms. The van der Waals surface area contributed by atoms with Gasteiger partial charge in [0, 0.05) is 20.7 Å². The number of fused-ring (bicyclic) bond motifs is 1. The second-order valence-corrected chi connectivity index (χ2v) is 8.82. The first-order chi connectivity index (χ1) is 14.5. The number of aromatic nitrogens is 1. The van der Waals surface area contributed by atoms with Gasteiger partial charge in [-0.2, -0.15) is 5.10 Å². The number of benzene rings is 2. The summed E-state index contributed by atoms with van der Waals surface area (Å²) in [7, 11) is 0. The molecule has 0 saturated heterocycles. The number of nitrogens with zero attached hydrogens (tertiary/aromatic N) is 2. The molecule has 0 radical (unpaired) electrons. The summed E-state index contributed by atoms with van der Waals surface area (Å²) in [6.07, 6.45) is 1.67. The fraction of sp³-hybridized carbons (Fsp3) is 0.160. The molecule has 0 aliphatic carbocycles. The zero-order chi connectivity index (χ0) is 21.1. The van der Waals surface area contributed by atoms with Crippen molar-refractivity contribution in [2.75, 3.05) is 0 Å². The molecular weight excluding hydrogens is 390 g/mol. The maximum atomic E-state index is 12.9. The molecule has 2 heterocycles. The largest absolute Gasteiger partial charge is 0.272 e. The van der Waals surface area contributed by atoms with Gasteiger partial charge in [0.2, 0.25) is 0 Å². The van der Waals surface area contributed by atoms with Crippen LogP contribution in [0.2, 0.25) is 0 Å². The predicted octanol–water partition coefficient (Wildman–Crippen LogP) is 6.16. The zero-order valence-corrected chi connectivity index (χ0v) is 18.0. The number of carbonyl (C=O) groups excluding carboxylic acids is 1. The van der Waals surface area contributed by atoms with E-state index in [4.69, 9.17) is 4.98 Å². The molecule has 4 rings (SSSR count). The molecule has 5 heteroatoms. The maximum absolute atomic E-state index is 12.9. The van der Waals surface area contributed by atoms with E-state index in [2.05, 4.69) is 48.6 Å². The number of hydrogen-bond acceptors (Lipinski definition) is 4. The summed E-state index contributed by atoms with van der Waals surface area (Å²) in [5.74, 6) is 0.216. The fourth-order valence-electron chi connectivity index (χ4n) is 3.29. The molecule has 2 aromatic heterocycles. The Morgan fingerprint density at radius 3 is 2.53 bits per heavy atom. The molecule has 4 aromatic rings. The van der Waals surface area contributed by atoms with Gasteiger partial charge in [0.15, 0.2) is 0 Å². The Labute approximate surface area is 180 Å². The minimum atomic E-state index is -0.252. The summed E-state index contributed by atoms with van der Waals surface area (Å²) in [4.78, 5) is 19.9. The molecule has 0 spiro atoms. The van der Waals surface area contributed by atoms with Crippen LogP contribution in [0.1, 0.15) is 45.4 Å². The molecule has 150 valence electrons. The number of hydrogen-bond donors (Lipinski definition) is 1. The van der Waals surface area contributed by atoms with Crippen molar-refractivity contribution in [3.05, 3.63) is 87.6 Å². The number of rotatable bonds is 5. The van der Waals surface area contributed by atoms with E-state index in [1.54, 1.807) is 17.6 Å². The molecule has 1 amide bonds. The van der Waals surface area contributed by atoms with Gasteiger partial charge in [-0.25, -0.2) is 10.4 Å². The van der Waals surface area contributed by atoms with Crippen LogP contribution in [-0.4, -0.2) is 17.1 Å². The van der Waals surface area contributed by atoms with Crippen LogP contribution >= 0.6 is 11.3 Å². The molecule has 30 heavy (non-hydrogen) atoms. The smallest absolute Gasteiger partial charge is 0.267 e. The SMILES string of the molecule is Cc1ccc(/C=N/NC(=O)c2cc(-c3ccc(C(C)C)cc3)nc3ccccc23)s1. The third-order valence-corrected chi connectivity index (χ3v) is 5.89. The standard InChI is InChI=1S/C25H23N3OS/c1-16(2)18-9-11-19(12-10-18)24-14-22(21-6-4-5-7-23(21)27-24)25(29)28-26-15-20-13-8-17(3)30-20/h4-16H,1-3H3,(H,28,29)/b26-15+. The van der Waals surface area contributed by atoms with Crippen molar-refractivity contribution in [1.29, 1.82) is 0 Å². The van der Waals surface area contributed by atoms with Crippen LogP contribution in [0, 0.1) is 6.92 Å². The van der Waals surface area contributed by atoms with Crippen LogP contribution in [0.4, 0.5) is 0 Å². The molecular formula is C25H23N3OS. The second-order valence-electron chi connectivity index (χ2n) is 7.50. The monoisotopic (exact) mass is 413 g/mol. The molecule has 0 aliphatic heterocycles. The van der Waals surface area contributed by atoms with E-state index in [9.17, 15) is 4.79 Å². The van der Waals surface area contributed by atoms with Crippen molar-refractivity contribution in [2.24, 2.45) is 5.10 Å².